The number of carboxylic acids is 1. The molecule has 0 unspecified atom stereocenters. The molecule has 0 aliphatic carbocycles. The summed E-state index contributed by atoms with van der Waals surface area (Å²) in [5.41, 5.74) is 0.990. The van der Waals surface area contributed by atoms with E-state index in [0.29, 0.717) is 6.54 Å². The van der Waals surface area contributed by atoms with Crippen molar-refractivity contribution in [3.05, 3.63) is 17.5 Å². The number of aromatic nitrogens is 2. The summed E-state index contributed by atoms with van der Waals surface area (Å²) in [7, 11) is 1.82. The molecule has 1 rings (SSSR count). The highest BCUT2D eigenvalue weighted by Crippen LogP contribution is 2.11. The molecule has 14 heavy (non-hydrogen) atoms. The van der Waals surface area contributed by atoms with Crippen LogP contribution in [0.2, 0.25) is 0 Å². The number of nitrogens with one attached hydrogen (secondary N) is 1. The first-order chi connectivity index (χ1) is 6.56. The van der Waals surface area contributed by atoms with E-state index in [1.807, 2.05) is 20.9 Å². The summed E-state index contributed by atoms with van der Waals surface area (Å²) < 4.78 is 1.72. The minimum absolute atomic E-state index is 0.101. The largest absolute Gasteiger partial charge is 0.476 e. The molecule has 0 aliphatic rings. The van der Waals surface area contributed by atoms with Gasteiger partial charge in [-0.2, -0.15) is 5.10 Å². The molecule has 0 aliphatic heterocycles. The maximum atomic E-state index is 10.7. The zero-order chi connectivity index (χ0) is 10.7. The fraction of sp³-hybridized carbons (Fsp3) is 0.556. The second-order valence-corrected chi connectivity index (χ2v) is 3.39. The van der Waals surface area contributed by atoms with Crippen LogP contribution in [0.5, 0.6) is 0 Å². The normalized spacial score (nSPS) is 10.9. The van der Waals surface area contributed by atoms with Crippen LogP contribution in [-0.2, 0) is 6.54 Å². The summed E-state index contributed by atoms with van der Waals surface area (Å²) in [4.78, 5) is 10.7. The van der Waals surface area contributed by atoms with Crippen molar-refractivity contribution in [3.63, 3.8) is 0 Å². The number of carboxylic acid groups (broad SMARTS) is 1. The molecule has 2 N–H and O–H groups in total. The number of aromatic carboxylic acids is 1. The Morgan fingerprint density at radius 2 is 2.36 bits per heavy atom. The molecule has 0 bridgehead atoms. The molecule has 5 nitrogen and oxygen atoms in total. The molecule has 0 aromatic carbocycles. The van der Waals surface area contributed by atoms with Crippen LogP contribution < -0.4 is 5.32 Å². The summed E-state index contributed by atoms with van der Waals surface area (Å²) >= 11 is 0. The van der Waals surface area contributed by atoms with Crippen molar-refractivity contribution in [2.75, 3.05) is 7.05 Å². The first kappa shape index (κ1) is 10.7. The van der Waals surface area contributed by atoms with Crippen LogP contribution in [0.25, 0.3) is 0 Å². The van der Waals surface area contributed by atoms with Gasteiger partial charge in [-0.05, 0) is 27.0 Å². The van der Waals surface area contributed by atoms with Gasteiger partial charge in [0.05, 0.1) is 5.69 Å². The van der Waals surface area contributed by atoms with Gasteiger partial charge in [-0.1, -0.05) is 0 Å². The Balaban J connectivity index is 3.05. The van der Waals surface area contributed by atoms with E-state index in [9.17, 15) is 4.79 Å². The van der Waals surface area contributed by atoms with E-state index < -0.39 is 5.97 Å². The highest BCUT2D eigenvalue weighted by atomic mass is 16.4. The second kappa shape index (κ2) is 4.23. The average molecular weight is 197 g/mol. The lowest BCUT2D eigenvalue weighted by molar-refractivity contribution is 0.0689. The lowest BCUT2D eigenvalue weighted by atomic mass is 10.3. The van der Waals surface area contributed by atoms with Crippen LogP contribution in [0.4, 0.5) is 0 Å². The second-order valence-electron chi connectivity index (χ2n) is 3.39. The van der Waals surface area contributed by atoms with Gasteiger partial charge >= 0.3 is 5.97 Å². The lowest BCUT2D eigenvalue weighted by Crippen LogP contribution is -2.13. The minimum Gasteiger partial charge on any atom is -0.476 e. The number of rotatable bonds is 4. The van der Waals surface area contributed by atoms with Crippen molar-refractivity contribution in [3.8, 4) is 0 Å². The van der Waals surface area contributed by atoms with E-state index in [1.54, 1.807) is 10.7 Å². The number of carbonyl (C=O) groups is 1. The molecule has 0 saturated heterocycles. The fourth-order valence-corrected chi connectivity index (χ4v) is 1.30. The van der Waals surface area contributed by atoms with Crippen LogP contribution in [0, 0.1) is 0 Å². The van der Waals surface area contributed by atoms with Crippen LogP contribution in [0.15, 0.2) is 6.07 Å². The van der Waals surface area contributed by atoms with E-state index in [1.165, 1.54) is 0 Å². The van der Waals surface area contributed by atoms with Crippen LogP contribution in [-0.4, -0.2) is 27.9 Å². The van der Waals surface area contributed by atoms with Crippen molar-refractivity contribution in [2.24, 2.45) is 0 Å². The average Bonchev–Trinajstić information content (AvgIpc) is 2.49. The third-order valence-corrected chi connectivity index (χ3v) is 1.88. The molecule has 1 aromatic rings. The maximum Gasteiger partial charge on any atom is 0.356 e. The van der Waals surface area contributed by atoms with Gasteiger partial charge in [0.15, 0.2) is 5.69 Å². The van der Waals surface area contributed by atoms with Crippen molar-refractivity contribution >= 4 is 5.97 Å². The van der Waals surface area contributed by atoms with Gasteiger partial charge in [0, 0.05) is 12.6 Å². The topological polar surface area (TPSA) is 67.2 Å². The molecule has 78 valence electrons. The summed E-state index contributed by atoms with van der Waals surface area (Å²) in [5.74, 6) is -0.984. The molecule has 0 saturated carbocycles. The number of nitrogens with zero attached hydrogens (tertiary/aromatic N) is 2. The van der Waals surface area contributed by atoms with E-state index in [-0.39, 0.29) is 11.7 Å². The van der Waals surface area contributed by atoms with Crippen LogP contribution in [0.1, 0.15) is 36.1 Å². The van der Waals surface area contributed by atoms with Gasteiger partial charge in [0.2, 0.25) is 0 Å². The molecular weight excluding hydrogens is 182 g/mol. The number of hydrogen-bond donors (Lipinski definition) is 2. The molecule has 0 radical (unpaired) electrons. The minimum atomic E-state index is -0.984. The highest BCUT2D eigenvalue weighted by molar-refractivity contribution is 5.85. The third-order valence-electron chi connectivity index (χ3n) is 1.88. The highest BCUT2D eigenvalue weighted by Gasteiger charge is 2.13. The Hall–Kier alpha value is -1.36. The monoisotopic (exact) mass is 197 g/mol. The molecule has 0 amide bonds. The Kier molecular flexibility index (Phi) is 3.24. The van der Waals surface area contributed by atoms with Crippen molar-refractivity contribution in [1.29, 1.82) is 0 Å². The van der Waals surface area contributed by atoms with Gasteiger partial charge in [-0.15, -0.1) is 0 Å². The summed E-state index contributed by atoms with van der Waals surface area (Å²) in [6.45, 7) is 4.56. The predicted octanol–water partition coefficient (Wildman–Crippen LogP) is 0.882. The van der Waals surface area contributed by atoms with Gasteiger partial charge in [0.1, 0.15) is 0 Å². The van der Waals surface area contributed by atoms with Crippen molar-refractivity contribution in [2.45, 2.75) is 26.4 Å². The molecule has 0 atom stereocenters. The number of hydrogen-bond acceptors (Lipinski definition) is 3. The third kappa shape index (κ3) is 2.11. The summed E-state index contributed by atoms with van der Waals surface area (Å²) in [5, 5.41) is 15.8. The van der Waals surface area contributed by atoms with Gasteiger partial charge in [-0.3, -0.25) is 4.68 Å². The first-order valence-electron chi connectivity index (χ1n) is 4.52. The van der Waals surface area contributed by atoms with Gasteiger partial charge in [0.25, 0.3) is 0 Å². The standard InChI is InChI=1S/C9H15N3O2/c1-6(2)12-7(5-10-3)4-8(11-12)9(13)14/h4,6,10H,5H2,1-3H3,(H,13,14). The van der Waals surface area contributed by atoms with E-state index >= 15 is 0 Å². The zero-order valence-corrected chi connectivity index (χ0v) is 8.61. The lowest BCUT2D eigenvalue weighted by Gasteiger charge is -2.09. The fourth-order valence-electron chi connectivity index (χ4n) is 1.30. The van der Waals surface area contributed by atoms with Crippen LogP contribution in [0.3, 0.4) is 0 Å². The van der Waals surface area contributed by atoms with Gasteiger partial charge < -0.3 is 10.4 Å². The zero-order valence-electron chi connectivity index (χ0n) is 8.61. The van der Waals surface area contributed by atoms with Gasteiger partial charge in [-0.25, -0.2) is 4.79 Å². The van der Waals surface area contributed by atoms with E-state index in [0.717, 1.165) is 5.69 Å². The van der Waals surface area contributed by atoms with Crippen LogP contribution >= 0.6 is 0 Å². The Labute approximate surface area is 82.7 Å². The Bertz CT molecular complexity index is 331. The molecule has 1 heterocycles. The predicted molar refractivity (Wildman–Crippen MR) is 52.3 cm³/mol. The molecule has 0 spiro atoms. The Morgan fingerprint density at radius 3 is 2.79 bits per heavy atom. The summed E-state index contributed by atoms with van der Waals surface area (Å²) in [6, 6.07) is 1.77. The van der Waals surface area contributed by atoms with E-state index in [2.05, 4.69) is 10.4 Å². The van der Waals surface area contributed by atoms with Crippen molar-refractivity contribution < 1.29 is 9.90 Å². The molecule has 1 aromatic heterocycles. The van der Waals surface area contributed by atoms with E-state index in [4.69, 9.17) is 5.11 Å². The molecular formula is C9H15N3O2. The quantitative estimate of drug-likeness (QED) is 0.752. The smallest absolute Gasteiger partial charge is 0.356 e. The Morgan fingerprint density at radius 1 is 1.71 bits per heavy atom. The maximum absolute atomic E-state index is 10.7. The van der Waals surface area contributed by atoms with Crippen molar-refractivity contribution in [1.82, 2.24) is 15.1 Å². The SMILES string of the molecule is CNCc1cc(C(=O)O)nn1C(C)C. The molecule has 0 fully saturated rings. The molecule has 5 heteroatoms. The summed E-state index contributed by atoms with van der Waals surface area (Å²) in [6.07, 6.45) is 0. The first-order valence-corrected chi connectivity index (χ1v) is 4.52.